The molecule has 1 saturated carbocycles. The first-order chi connectivity index (χ1) is 15.0. The molecular formula is C21H27N5O4S. The summed E-state index contributed by atoms with van der Waals surface area (Å²) in [6.45, 7) is 0.520. The molecule has 2 saturated heterocycles. The van der Waals surface area contributed by atoms with Gasteiger partial charge in [-0.05, 0) is 37.5 Å². The smallest absolute Gasteiger partial charge is 0.280 e. The number of carbonyl (C=O) groups is 3. The molecular weight excluding hydrogens is 418 g/mol. The van der Waals surface area contributed by atoms with Crippen molar-refractivity contribution in [1.29, 1.82) is 0 Å². The molecule has 3 fully saturated rings. The van der Waals surface area contributed by atoms with Crippen LogP contribution < -0.4 is 16.8 Å². The zero-order valence-corrected chi connectivity index (χ0v) is 18.0. The Labute approximate surface area is 184 Å². The van der Waals surface area contributed by atoms with E-state index in [1.807, 2.05) is 0 Å². The second-order valence-electron chi connectivity index (χ2n) is 8.09. The first kappa shape index (κ1) is 21.5. The molecule has 1 aromatic heterocycles. The molecule has 0 aromatic carbocycles. The second kappa shape index (κ2) is 9.19. The molecule has 10 heteroatoms. The number of thiazole rings is 1. The summed E-state index contributed by atoms with van der Waals surface area (Å²) in [7, 11) is 0. The Morgan fingerprint density at radius 3 is 2.77 bits per heavy atom. The van der Waals surface area contributed by atoms with Crippen molar-refractivity contribution >= 4 is 34.5 Å². The molecule has 31 heavy (non-hydrogen) atoms. The fourth-order valence-corrected chi connectivity index (χ4v) is 5.56. The fourth-order valence-electron chi connectivity index (χ4n) is 4.73. The van der Waals surface area contributed by atoms with Crippen LogP contribution in [0.3, 0.4) is 0 Å². The van der Waals surface area contributed by atoms with Crippen molar-refractivity contribution in [2.24, 2.45) is 17.4 Å². The zero-order chi connectivity index (χ0) is 22.0. The third-order valence-electron chi connectivity index (χ3n) is 6.26. The van der Waals surface area contributed by atoms with E-state index in [1.54, 1.807) is 17.2 Å². The van der Waals surface area contributed by atoms with Crippen molar-refractivity contribution < 1.29 is 19.1 Å². The van der Waals surface area contributed by atoms with Crippen LogP contribution in [0.1, 0.15) is 46.8 Å². The topological polar surface area (TPSA) is 141 Å². The standard InChI is InChI=1S/C21H27N5O4S/c22-7-5-13(9-23)16-10-24-20(31-16)19(28)25-17(12-3-1-2-4-12)21(29)26-8-6-15-18(26)14(27)11-30-15/h5,7,9-10,12,15,17-18H,1-4,6,8,11,22-23H2,(H,25,28)/b7-5-,13-9+/t15-,17?,18-/m1/s1. The van der Waals surface area contributed by atoms with E-state index in [0.717, 1.165) is 25.7 Å². The number of hydrogen-bond donors (Lipinski definition) is 3. The predicted molar refractivity (Wildman–Crippen MR) is 116 cm³/mol. The van der Waals surface area contributed by atoms with Gasteiger partial charge in [0.05, 0.1) is 11.0 Å². The molecule has 1 unspecified atom stereocenters. The summed E-state index contributed by atoms with van der Waals surface area (Å²) in [5.74, 6) is -0.616. The van der Waals surface area contributed by atoms with Gasteiger partial charge in [-0.25, -0.2) is 4.98 Å². The van der Waals surface area contributed by atoms with Gasteiger partial charge in [-0.3, -0.25) is 14.4 Å². The van der Waals surface area contributed by atoms with Gasteiger partial charge < -0.3 is 26.4 Å². The summed E-state index contributed by atoms with van der Waals surface area (Å²) < 4.78 is 5.51. The number of hydrogen-bond acceptors (Lipinski definition) is 8. The number of carbonyl (C=O) groups excluding carboxylic acids is 3. The highest BCUT2D eigenvalue weighted by molar-refractivity contribution is 7.14. The maximum absolute atomic E-state index is 13.5. The van der Waals surface area contributed by atoms with E-state index in [9.17, 15) is 14.4 Å². The molecule has 166 valence electrons. The lowest BCUT2D eigenvalue weighted by atomic mass is 9.96. The van der Waals surface area contributed by atoms with Crippen molar-refractivity contribution in [3.63, 3.8) is 0 Å². The van der Waals surface area contributed by atoms with Crippen LogP contribution in [0, 0.1) is 5.92 Å². The lowest BCUT2D eigenvalue weighted by Gasteiger charge is -2.30. The summed E-state index contributed by atoms with van der Waals surface area (Å²) in [6.07, 6.45) is 10.2. The van der Waals surface area contributed by atoms with Crippen molar-refractivity contribution in [2.45, 2.75) is 50.3 Å². The Morgan fingerprint density at radius 1 is 1.29 bits per heavy atom. The maximum atomic E-state index is 13.5. The van der Waals surface area contributed by atoms with E-state index < -0.39 is 18.0 Å². The van der Waals surface area contributed by atoms with E-state index in [1.165, 1.54) is 23.7 Å². The quantitative estimate of drug-likeness (QED) is 0.549. The van der Waals surface area contributed by atoms with Crippen LogP contribution in [0.25, 0.3) is 5.57 Å². The van der Waals surface area contributed by atoms with Crippen LogP contribution >= 0.6 is 11.3 Å². The molecule has 4 rings (SSSR count). The summed E-state index contributed by atoms with van der Waals surface area (Å²) in [4.78, 5) is 45.2. The van der Waals surface area contributed by atoms with Gasteiger partial charge in [0.2, 0.25) is 5.91 Å². The lowest BCUT2D eigenvalue weighted by molar-refractivity contribution is -0.139. The molecule has 2 aliphatic heterocycles. The molecule has 1 aromatic rings. The van der Waals surface area contributed by atoms with Crippen molar-refractivity contribution in [3.05, 3.63) is 34.6 Å². The largest absolute Gasteiger partial charge is 0.405 e. The number of nitrogens with one attached hydrogen (secondary N) is 1. The molecule has 3 heterocycles. The number of aromatic nitrogens is 1. The van der Waals surface area contributed by atoms with Gasteiger partial charge in [-0.15, -0.1) is 11.3 Å². The van der Waals surface area contributed by atoms with Gasteiger partial charge in [0.25, 0.3) is 5.91 Å². The first-order valence-electron chi connectivity index (χ1n) is 10.6. The van der Waals surface area contributed by atoms with Crippen LogP contribution in [0.5, 0.6) is 0 Å². The molecule has 9 nitrogen and oxygen atoms in total. The Bertz CT molecular complexity index is 921. The number of rotatable bonds is 6. The maximum Gasteiger partial charge on any atom is 0.280 e. The van der Waals surface area contributed by atoms with E-state index in [4.69, 9.17) is 16.2 Å². The highest BCUT2D eigenvalue weighted by atomic mass is 32.1. The average molecular weight is 446 g/mol. The third kappa shape index (κ3) is 4.22. The van der Waals surface area contributed by atoms with Gasteiger partial charge in [-0.2, -0.15) is 0 Å². The zero-order valence-electron chi connectivity index (χ0n) is 17.2. The van der Waals surface area contributed by atoms with Gasteiger partial charge in [0.1, 0.15) is 18.7 Å². The first-order valence-corrected chi connectivity index (χ1v) is 11.4. The Kier molecular flexibility index (Phi) is 6.38. The average Bonchev–Trinajstić information content (AvgIpc) is 3.56. The number of ketones is 1. The SMILES string of the molecule is N/C=C\C(=C/N)c1cnc(C(=O)NC(C(=O)N2CC[C@H]3OCC(=O)[C@H]32)C2CCCC2)s1. The molecule has 3 aliphatic rings. The lowest BCUT2D eigenvalue weighted by Crippen LogP contribution is -2.54. The summed E-state index contributed by atoms with van der Waals surface area (Å²) in [5, 5.41) is 3.17. The fraction of sp³-hybridized carbons (Fsp3) is 0.524. The van der Waals surface area contributed by atoms with E-state index >= 15 is 0 Å². The van der Waals surface area contributed by atoms with E-state index in [2.05, 4.69) is 10.3 Å². The number of allylic oxidation sites excluding steroid dienone is 2. The Balaban J connectivity index is 1.52. The third-order valence-corrected chi connectivity index (χ3v) is 7.30. The molecule has 0 bridgehead atoms. The number of fused-ring (bicyclic) bond motifs is 1. The summed E-state index contributed by atoms with van der Waals surface area (Å²) in [6, 6.07) is -1.21. The van der Waals surface area contributed by atoms with Crippen LogP contribution in [0.15, 0.2) is 24.7 Å². The number of nitrogens with two attached hydrogens (primary N) is 2. The molecule has 5 N–H and O–H groups in total. The number of amides is 2. The van der Waals surface area contributed by atoms with E-state index in [0.29, 0.717) is 23.4 Å². The van der Waals surface area contributed by atoms with Crippen LogP contribution in [0.4, 0.5) is 0 Å². The van der Waals surface area contributed by atoms with Gasteiger partial charge in [-0.1, -0.05) is 12.8 Å². The van der Waals surface area contributed by atoms with Crippen LogP contribution in [0.2, 0.25) is 0 Å². The Hall–Kier alpha value is -2.72. The number of likely N-dealkylation sites (tertiary alicyclic amines) is 1. The van der Waals surface area contributed by atoms with Gasteiger partial charge >= 0.3 is 0 Å². The highest BCUT2D eigenvalue weighted by Gasteiger charge is 2.49. The predicted octanol–water partition coefficient (Wildman–Crippen LogP) is 0.772. The minimum atomic E-state index is -0.678. The summed E-state index contributed by atoms with van der Waals surface area (Å²) >= 11 is 1.18. The highest BCUT2D eigenvalue weighted by Crippen LogP contribution is 2.33. The second-order valence-corrected chi connectivity index (χ2v) is 9.12. The molecule has 0 radical (unpaired) electrons. The van der Waals surface area contributed by atoms with Crippen LogP contribution in [-0.2, 0) is 14.3 Å². The van der Waals surface area contributed by atoms with Gasteiger partial charge in [0, 0.05) is 24.5 Å². The van der Waals surface area contributed by atoms with E-state index in [-0.39, 0.29) is 35.3 Å². The van der Waals surface area contributed by atoms with Crippen LogP contribution in [-0.4, -0.2) is 58.8 Å². The van der Waals surface area contributed by atoms with Crippen molar-refractivity contribution in [3.8, 4) is 0 Å². The normalized spacial score (nSPS) is 25.4. The number of Topliss-reactive ketones (excluding diaryl/α,β-unsaturated/α-hetero) is 1. The molecule has 3 atom stereocenters. The Morgan fingerprint density at radius 2 is 2.06 bits per heavy atom. The molecule has 1 aliphatic carbocycles. The number of nitrogens with zero attached hydrogens (tertiary/aromatic N) is 2. The van der Waals surface area contributed by atoms with Gasteiger partial charge in [0.15, 0.2) is 10.8 Å². The minimum Gasteiger partial charge on any atom is -0.405 e. The monoisotopic (exact) mass is 445 g/mol. The van der Waals surface area contributed by atoms with Crippen molar-refractivity contribution in [2.75, 3.05) is 13.2 Å². The van der Waals surface area contributed by atoms with Crippen molar-refractivity contribution in [1.82, 2.24) is 15.2 Å². The minimum absolute atomic E-state index is 0.0482. The number of ether oxygens (including phenoxy) is 1. The summed E-state index contributed by atoms with van der Waals surface area (Å²) in [5.41, 5.74) is 11.7. The molecule has 0 spiro atoms. The molecule has 2 amide bonds.